The standard InChI is InChI=1S/C24H25N3O2/c1-16-12-18(13-17-6-8-19(9-7-17)27-11-3-10-25-27)14-20-21(16)15-26(24(20)29)22-4-2-5-23(22)28/h3,6-12,14,22-23,28H,2,4-5,13,15H2,1H3/t22-,23-/m0/s1. The predicted octanol–water partition coefficient (Wildman–Crippen LogP) is 3.64. The maximum atomic E-state index is 13.1. The van der Waals surface area contributed by atoms with Crippen molar-refractivity contribution in [2.75, 3.05) is 0 Å². The van der Waals surface area contributed by atoms with Crippen LogP contribution in [0.4, 0.5) is 0 Å². The smallest absolute Gasteiger partial charge is 0.254 e. The van der Waals surface area contributed by atoms with Crippen molar-refractivity contribution >= 4 is 5.91 Å². The Morgan fingerprint density at radius 2 is 1.97 bits per heavy atom. The number of amides is 1. The third-order valence-corrected chi connectivity index (χ3v) is 6.31. The average molecular weight is 387 g/mol. The molecule has 3 aromatic rings. The van der Waals surface area contributed by atoms with Crippen molar-refractivity contribution in [2.24, 2.45) is 0 Å². The van der Waals surface area contributed by atoms with Crippen LogP contribution in [0.2, 0.25) is 0 Å². The number of carbonyl (C=O) groups is 1. The lowest BCUT2D eigenvalue weighted by Crippen LogP contribution is -2.40. The van der Waals surface area contributed by atoms with Crippen molar-refractivity contribution in [1.29, 1.82) is 0 Å². The normalized spacial score (nSPS) is 21.0. The number of carbonyl (C=O) groups excluding carboxylic acids is 1. The molecule has 2 atom stereocenters. The van der Waals surface area contributed by atoms with Crippen LogP contribution < -0.4 is 0 Å². The SMILES string of the molecule is Cc1cc(Cc2ccc(-n3cccn3)cc2)cc2c1CN([C@H]1CCC[C@@H]1O)C2=O. The van der Waals surface area contributed by atoms with Crippen LogP contribution in [0.3, 0.4) is 0 Å². The first-order chi connectivity index (χ1) is 14.1. The Morgan fingerprint density at radius 3 is 2.66 bits per heavy atom. The van der Waals surface area contributed by atoms with E-state index in [-0.39, 0.29) is 18.1 Å². The molecule has 29 heavy (non-hydrogen) atoms. The summed E-state index contributed by atoms with van der Waals surface area (Å²) in [4.78, 5) is 15.0. The molecule has 2 heterocycles. The first-order valence-electron chi connectivity index (χ1n) is 10.3. The highest BCUT2D eigenvalue weighted by molar-refractivity contribution is 5.99. The Hall–Kier alpha value is -2.92. The number of hydrogen-bond donors (Lipinski definition) is 1. The van der Waals surface area contributed by atoms with Crippen molar-refractivity contribution in [3.8, 4) is 5.69 Å². The van der Waals surface area contributed by atoms with Crippen molar-refractivity contribution in [3.63, 3.8) is 0 Å². The van der Waals surface area contributed by atoms with E-state index in [1.807, 2.05) is 27.9 Å². The van der Waals surface area contributed by atoms with E-state index >= 15 is 0 Å². The number of aromatic nitrogens is 2. The van der Waals surface area contributed by atoms with Crippen LogP contribution in [-0.4, -0.2) is 37.8 Å². The number of hydrogen-bond acceptors (Lipinski definition) is 3. The molecule has 2 aliphatic rings. The quantitative estimate of drug-likeness (QED) is 0.744. The largest absolute Gasteiger partial charge is 0.391 e. The molecule has 0 saturated heterocycles. The fourth-order valence-corrected chi connectivity index (χ4v) is 4.77. The summed E-state index contributed by atoms with van der Waals surface area (Å²) in [6.07, 6.45) is 6.78. The molecule has 148 valence electrons. The molecular formula is C24H25N3O2. The van der Waals surface area contributed by atoms with Gasteiger partial charge in [-0.1, -0.05) is 18.2 Å². The predicted molar refractivity (Wildman–Crippen MR) is 111 cm³/mol. The second-order valence-corrected chi connectivity index (χ2v) is 8.23. The average Bonchev–Trinajstić information content (AvgIpc) is 3.45. The summed E-state index contributed by atoms with van der Waals surface area (Å²) in [5, 5.41) is 14.5. The Bertz CT molecular complexity index is 1040. The van der Waals surface area contributed by atoms with Crippen LogP contribution in [0.15, 0.2) is 54.9 Å². The van der Waals surface area contributed by atoms with Crippen LogP contribution in [0.5, 0.6) is 0 Å². The Balaban J connectivity index is 1.38. The molecule has 0 bridgehead atoms. The molecule has 5 rings (SSSR count). The number of benzene rings is 2. The summed E-state index contributed by atoms with van der Waals surface area (Å²) in [7, 11) is 0. The number of aliphatic hydroxyl groups is 1. The minimum absolute atomic E-state index is 0.0346. The monoisotopic (exact) mass is 387 g/mol. The highest BCUT2D eigenvalue weighted by atomic mass is 16.3. The molecule has 5 nitrogen and oxygen atoms in total. The number of fused-ring (bicyclic) bond motifs is 1. The van der Waals surface area contributed by atoms with Gasteiger partial charge in [-0.05, 0) is 79.1 Å². The number of rotatable bonds is 4. The molecular weight excluding hydrogens is 362 g/mol. The molecule has 1 fully saturated rings. The zero-order valence-electron chi connectivity index (χ0n) is 16.6. The zero-order valence-corrected chi connectivity index (χ0v) is 16.6. The molecule has 0 spiro atoms. The number of nitrogens with zero attached hydrogens (tertiary/aromatic N) is 3. The van der Waals surface area contributed by atoms with Gasteiger partial charge >= 0.3 is 0 Å². The van der Waals surface area contributed by atoms with E-state index in [1.54, 1.807) is 6.20 Å². The summed E-state index contributed by atoms with van der Waals surface area (Å²) in [6.45, 7) is 2.71. The van der Waals surface area contributed by atoms with Gasteiger partial charge in [-0.25, -0.2) is 4.68 Å². The van der Waals surface area contributed by atoms with E-state index in [9.17, 15) is 9.90 Å². The highest BCUT2D eigenvalue weighted by Crippen LogP contribution is 2.34. The van der Waals surface area contributed by atoms with Crippen molar-refractivity contribution in [3.05, 3.63) is 82.7 Å². The van der Waals surface area contributed by atoms with Crippen LogP contribution in [-0.2, 0) is 13.0 Å². The highest BCUT2D eigenvalue weighted by Gasteiger charge is 2.39. The first kappa shape index (κ1) is 18.1. The maximum absolute atomic E-state index is 13.1. The Morgan fingerprint density at radius 1 is 1.14 bits per heavy atom. The molecule has 1 aliphatic heterocycles. The minimum atomic E-state index is -0.388. The Labute approximate surface area is 170 Å². The van der Waals surface area contributed by atoms with Gasteiger partial charge in [0.15, 0.2) is 0 Å². The minimum Gasteiger partial charge on any atom is -0.391 e. The van der Waals surface area contributed by atoms with Crippen molar-refractivity contribution in [2.45, 2.75) is 51.3 Å². The fourth-order valence-electron chi connectivity index (χ4n) is 4.77. The molecule has 5 heteroatoms. The van der Waals surface area contributed by atoms with Gasteiger partial charge in [0.1, 0.15) is 0 Å². The molecule has 1 aliphatic carbocycles. The molecule has 1 saturated carbocycles. The summed E-state index contributed by atoms with van der Waals surface area (Å²) in [5.41, 5.74) is 6.47. The number of aliphatic hydroxyl groups excluding tert-OH is 1. The van der Waals surface area contributed by atoms with Gasteiger partial charge in [0, 0.05) is 24.5 Å². The van der Waals surface area contributed by atoms with Gasteiger partial charge in [-0.15, -0.1) is 0 Å². The van der Waals surface area contributed by atoms with Crippen LogP contribution in [0.1, 0.15) is 51.9 Å². The summed E-state index contributed by atoms with van der Waals surface area (Å²) in [5.74, 6) is 0.0740. The second kappa shape index (κ2) is 7.16. The topological polar surface area (TPSA) is 58.4 Å². The third-order valence-electron chi connectivity index (χ3n) is 6.31. The summed E-state index contributed by atoms with van der Waals surface area (Å²) >= 11 is 0. The molecule has 0 radical (unpaired) electrons. The summed E-state index contributed by atoms with van der Waals surface area (Å²) < 4.78 is 1.84. The van der Waals surface area contributed by atoms with Crippen molar-refractivity contribution in [1.82, 2.24) is 14.7 Å². The fraction of sp³-hybridized carbons (Fsp3) is 0.333. The van der Waals surface area contributed by atoms with Gasteiger partial charge in [0.25, 0.3) is 5.91 Å². The molecule has 1 N–H and O–H groups in total. The molecule has 2 aromatic carbocycles. The third kappa shape index (κ3) is 3.25. The molecule has 0 unspecified atom stereocenters. The molecule has 1 aromatic heterocycles. The van der Waals surface area contributed by atoms with Gasteiger partial charge in [0.2, 0.25) is 0 Å². The van der Waals surface area contributed by atoms with E-state index in [0.29, 0.717) is 6.54 Å². The Kier molecular flexibility index (Phi) is 4.47. The van der Waals surface area contributed by atoms with E-state index in [2.05, 4.69) is 42.4 Å². The zero-order chi connectivity index (χ0) is 20.0. The van der Waals surface area contributed by atoms with E-state index in [4.69, 9.17) is 0 Å². The van der Waals surface area contributed by atoms with Crippen LogP contribution >= 0.6 is 0 Å². The lowest BCUT2D eigenvalue weighted by Gasteiger charge is -2.26. The maximum Gasteiger partial charge on any atom is 0.254 e. The van der Waals surface area contributed by atoms with Gasteiger partial charge in [0.05, 0.1) is 17.8 Å². The van der Waals surface area contributed by atoms with Crippen molar-refractivity contribution < 1.29 is 9.90 Å². The number of aryl methyl sites for hydroxylation is 1. The second-order valence-electron chi connectivity index (χ2n) is 8.23. The van der Waals surface area contributed by atoms with Crippen LogP contribution in [0, 0.1) is 6.92 Å². The molecule has 1 amide bonds. The summed E-state index contributed by atoms with van der Waals surface area (Å²) in [6, 6.07) is 14.5. The van der Waals surface area contributed by atoms with E-state index in [0.717, 1.165) is 53.6 Å². The lowest BCUT2D eigenvalue weighted by molar-refractivity contribution is 0.0479. The van der Waals surface area contributed by atoms with Gasteiger partial charge in [-0.2, -0.15) is 5.10 Å². The lowest BCUT2D eigenvalue weighted by atomic mass is 9.96. The van der Waals surface area contributed by atoms with E-state index in [1.165, 1.54) is 5.56 Å². The van der Waals surface area contributed by atoms with Crippen LogP contribution in [0.25, 0.3) is 5.69 Å². The van der Waals surface area contributed by atoms with E-state index < -0.39 is 0 Å². The first-order valence-corrected chi connectivity index (χ1v) is 10.3. The van der Waals surface area contributed by atoms with Gasteiger partial charge < -0.3 is 10.0 Å². The van der Waals surface area contributed by atoms with Gasteiger partial charge in [-0.3, -0.25) is 4.79 Å².